The van der Waals surface area contributed by atoms with Gasteiger partial charge in [0.1, 0.15) is 0 Å². The van der Waals surface area contributed by atoms with Crippen LogP contribution in [0.25, 0.3) is 0 Å². The SMILES string of the molecule is CC/C=C\C/C=C\C/C=C\C/C=C\C/C=C\C/C=C\C/C=C\C/C=C\CCCCC(=O)NC(CO)C(O)/C=C/CCCCCCCC. The first kappa shape index (κ1) is 44.0. The third-order valence-electron chi connectivity index (χ3n) is 7.51. The van der Waals surface area contributed by atoms with Gasteiger partial charge < -0.3 is 15.5 Å². The number of aliphatic hydroxyl groups excluding tert-OH is 2. The Morgan fingerprint density at radius 1 is 0.532 bits per heavy atom. The molecular weight excluding hydrogens is 578 g/mol. The Labute approximate surface area is 289 Å². The highest BCUT2D eigenvalue weighted by Crippen LogP contribution is 2.08. The van der Waals surface area contributed by atoms with Gasteiger partial charge in [-0.25, -0.2) is 0 Å². The second-order valence-electron chi connectivity index (χ2n) is 11.9. The number of allylic oxidation sites excluding steroid dienone is 17. The summed E-state index contributed by atoms with van der Waals surface area (Å²) >= 11 is 0. The summed E-state index contributed by atoms with van der Waals surface area (Å²) in [6, 6.07) is -0.650. The molecule has 2 atom stereocenters. The van der Waals surface area contributed by atoms with Crippen LogP contribution in [-0.2, 0) is 4.79 Å². The van der Waals surface area contributed by atoms with E-state index in [1.165, 1.54) is 32.1 Å². The number of carbonyl (C=O) groups excluding carboxylic acids is 1. The second-order valence-corrected chi connectivity index (χ2v) is 11.9. The first-order valence-electron chi connectivity index (χ1n) is 18.6. The molecule has 47 heavy (non-hydrogen) atoms. The smallest absolute Gasteiger partial charge is 0.220 e. The van der Waals surface area contributed by atoms with Crippen LogP contribution in [0.15, 0.2) is 109 Å². The summed E-state index contributed by atoms with van der Waals surface area (Å²) in [5, 5.41) is 22.7. The second kappa shape index (κ2) is 37.5. The lowest BCUT2D eigenvalue weighted by Crippen LogP contribution is -2.45. The number of hydrogen-bond donors (Lipinski definition) is 3. The molecule has 1 amide bonds. The lowest BCUT2D eigenvalue weighted by molar-refractivity contribution is -0.123. The van der Waals surface area contributed by atoms with E-state index in [1.54, 1.807) is 6.08 Å². The van der Waals surface area contributed by atoms with E-state index in [4.69, 9.17) is 0 Å². The highest BCUT2D eigenvalue weighted by Gasteiger charge is 2.17. The predicted molar refractivity (Wildman–Crippen MR) is 206 cm³/mol. The molecule has 0 aliphatic heterocycles. The lowest BCUT2D eigenvalue weighted by Gasteiger charge is -2.19. The minimum atomic E-state index is -0.862. The summed E-state index contributed by atoms with van der Waals surface area (Å²) in [4.78, 5) is 12.3. The molecule has 0 aliphatic carbocycles. The molecule has 2 unspecified atom stereocenters. The molecule has 4 heteroatoms. The zero-order valence-electron chi connectivity index (χ0n) is 30.0. The van der Waals surface area contributed by atoms with Gasteiger partial charge in [0.25, 0.3) is 0 Å². The summed E-state index contributed by atoms with van der Waals surface area (Å²) in [7, 11) is 0. The van der Waals surface area contributed by atoms with Crippen LogP contribution >= 0.6 is 0 Å². The van der Waals surface area contributed by atoms with Crippen LogP contribution in [0.2, 0.25) is 0 Å². The number of amides is 1. The van der Waals surface area contributed by atoms with Crippen LogP contribution in [0.1, 0.15) is 136 Å². The van der Waals surface area contributed by atoms with Gasteiger partial charge in [-0.3, -0.25) is 4.79 Å². The van der Waals surface area contributed by atoms with Gasteiger partial charge in [0, 0.05) is 6.42 Å². The van der Waals surface area contributed by atoms with Gasteiger partial charge in [-0.05, 0) is 83.5 Å². The van der Waals surface area contributed by atoms with E-state index in [-0.39, 0.29) is 12.5 Å². The van der Waals surface area contributed by atoms with Crippen LogP contribution in [0.4, 0.5) is 0 Å². The number of hydrogen-bond acceptors (Lipinski definition) is 3. The molecule has 0 aliphatic rings. The van der Waals surface area contributed by atoms with E-state index in [1.807, 2.05) is 6.08 Å². The van der Waals surface area contributed by atoms with E-state index in [0.29, 0.717) is 6.42 Å². The number of nitrogens with one attached hydrogen (secondary N) is 1. The van der Waals surface area contributed by atoms with Crippen molar-refractivity contribution >= 4 is 5.91 Å². The Hall–Kier alpha value is -2.95. The molecule has 0 saturated heterocycles. The van der Waals surface area contributed by atoms with Gasteiger partial charge in [-0.2, -0.15) is 0 Å². The van der Waals surface area contributed by atoms with Gasteiger partial charge in [0.15, 0.2) is 0 Å². The average molecular weight is 648 g/mol. The molecule has 0 spiro atoms. The molecule has 0 aromatic rings. The molecular formula is C43H69NO3. The largest absolute Gasteiger partial charge is 0.394 e. The Morgan fingerprint density at radius 2 is 0.936 bits per heavy atom. The molecule has 0 fully saturated rings. The first-order chi connectivity index (χ1) is 23.2. The number of rotatable bonds is 31. The zero-order valence-corrected chi connectivity index (χ0v) is 30.0. The molecule has 4 nitrogen and oxygen atoms in total. The lowest BCUT2D eigenvalue weighted by atomic mass is 10.1. The summed E-state index contributed by atoms with van der Waals surface area (Å²) in [5.41, 5.74) is 0. The Kier molecular flexibility index (Phi) is 35.2. The molecule has 0 heterocycles. The maximum Gasteiger partial charge on any atom is 0.220 e. The fourth-order valence-corrected chi connectivity index (χ4v) is 4.66. The molecule has 0 saturated carbocycles. The summed E-state index contributed by atoms with van der Waals surface area (Å²) in [5.74, 6) is -0.117. The van der Waals surface area contributed by atoms with Crippen LogP contribution in [0.3, 0.4) is 0 Å². The van der Waals surface area contributed by atoms with Crippen molar-refractivity contribution in [1.29, 1.82) is 0 Å². The predicted octanol–water partition coefficient (Wildman–Crippen LogP) is 11.3. The monoisotopic (exact) mass is 648 g/mol. The Bertz CT molecular complexity index is 964. The fourth-order valence-electron chi connectivity index (χ4n) is 4.66. The molecule has 0 bridgehead atoms. The van der Waals surface area contributed by atoms with E-state index in [9.17, 15) is 15.0 Å². The third kappa shape index (κ3) is 34.2. The highest BCUT2D eigenvalue weighted by atomic mass is 16.3. The van der Waals surface area contributed by atoms with Gasteiger partial charge >= 0.3 is 0 Å². The molecule has 3 N–H and O–H groups in total. The fraction of sp³-hybridized carbons (Fsp3) is 0.558. The topological polar surface area (TPSA) is 69.6 Å². The molecule has 0 aromatic heterocycles. The van der Waals surface area contributed by atoms with Gasteiger partial charge in [-0.1, -0.05) is 155 Å². The first-order valence-corrected chi connectivity index (χ1v) is 18.6. The van der Waals surface area contributed by atoms with Crippen LogP contribution in [0, 0.1) is 0 Å². The van der Waals surface area contributed by atoms with Crippen molar-refractivity contribution in [2.45, 2.75) is 148 Å². The number of aliphatic hydroxyl groups is 2. The van der Waals surface area contributed by atoms with Crippen molar-refractivity contribution in [3.05, 3.63) is 109 Å². The standard InChI is InChI=1S/C43H69NO3/c1-3-5-7-9-11-13-14-15-16-17-18-19-20-21-22-23-24-25-26-27-28-29-30-31-33-35-37-39-43(47)44-41(40-45)42(46)38-36-34-32-12-10-8-6-4-2/h5,7,11,13,15-16,18-19,21-22,24-25,27-28,30-31,36,38,41-42,45-46H,3-4,6,8-10,12,14,17,20,23,26,29,32-35,37,39-40H2,1-2H3,(H,44,47)/b7-5-,13-11-,16-15-,19-18-,22-21-,25-24-,28-27-,31-30-,38-36+. The minimum absolute atomic E-state index is 0.117. The summed E-state index contributed by atoms with van der Waals surface area (Å²) < 4.78 is 0. The quantitative estimate of drug-likeness (QED) is 0.0518. The van der Waals surface area contributed by atoms with Gasteiger partial charge in [0.05, 0.1) is 18.8 Å². The van der Waals surface area contributed by atoms with Crippen molar-refractivity contribution in [3.8, 4) is 0 Å². The van der Waals surface area contributed by atoms with Gasteiger partial charge in [-0.15, -0.1) is 0 Å². The molecule has 0 radical (unpaired) electrons. The molecule has 0 rings (SSSR count). The number of carbonyl (C=O) groups is 1. The van der Waals surface area contributed by atoms with Crippen molar-refractivity contribution in [3.63, 3.8) is 0 Å². The minimum Gasteiger partial charge on any atom is -0.394 e. The van der Waals surface area contributed by atoms with Crippen molar-refractivity contribution in [2.75, 3.05) is 6.61 Å². The van der Waals surface area contributed by atoms with Crippen LogP contribution in [0.5, 0.6) is 0 Å². The summed E-state index contributed by atoms with van der Waals surface area (Å²) in [6.45, 7) is 4.10. The van der Waals surface area contributed by atoms with E-state index in [2.05, 4.69) is 116 Å². The Balaban J connectivity index is 3.78. The maximum atomic E-state index is 12.3. The maximum absolute atomic E-state index is 12.3. The average Bonchev–Trinajstić information content (AvgIpc) is 3.07. The van der Waals surface area contributed by atoms with E-state index >= 15 is 0 Å². The van der Waals surface area contributed by atoms with Crippen LogP contribution < -0.4 is 5.32 Å². The van der Waals surface area contributed by atoms with Crippen molar-refractivity contribution in [2.24, 2.45) is 0 Å². The van der Waals surface area contributed by atoms with Crippen molar-refractivity contribution in [1.82, 2.24) is 5.32 Å². The van der Waals surface area contributed by atoms with Crippen LogP contribution in [-0.4, -0.2) is 34.9 Å². The van der Waals surface area contributed by atoms with Gasteiger partial charge in [0.2, 0.25) is 5.91 Å². The van der Waals surface area contributed by atoms with E-state index in [0.717, 1.165) is 83.5 Å². The summed E-state index contributed by atoms with van der Waals surface area (Å²) in [6.07, 6.45) is 57.5. The number of unbranched alkanes of at least 4 members (excludes halogenated alkanes) is 8. The molecule has 0 aromatic carbocycles. The Morgan fingerprint density at radius 3 is 1.40 bits per heavy atom. The third-order valence-corrected chi connectivity index (χ3v) is 7.51. The highest BCUT2D eigenvalue weighted by molar-refractivity contribution is 5.76. The zero-order chi connectivity index (χ0) is 34.3. The van der Waals surface area contributed by atoms with Crippen molar-refractivity contribution < 1.29 is 15.0 Å². The molecule has 264 valence electrons. The van der Waals surface area contributed by atoms with E-state index < -0.39 is 12.1 Å². The normalized spacial score (nSPS) is 14.4.